The van der Waals surface area contributed by atoms with Crippen molar-refractivity contribution in [2.24, 2.45) is 0 Å². The van der Waals surface area contributed by atoms with Crippen molar-refractivity contribution in [3.63, 3.8) is 0 Å². The van der Waals surface area contributed by atoms with Gasteiger partial charge in [0.05, 0.1) is 33.5 Å². The van der Waals surface area contributed by atoms with E-state index < -0.39 is 89.6 Å². The van der Waals surface area contributed by atoms with Crippen molar-refractivity contribution in [2.75, 3.05) is 10.6 Å². The molecule has 0 saturated carbocycles. The van der Waals surface area contributed by atoms with E-state index in [1.54, 1.807) is 41.5 Å². The Hall–Kier alpha value is -6.84. The average Bonchev–Trinajstić information content (AvgIpc) is 3.26. The number of phosphoric ester groups is 1. The second-order valence-corrected chi connectivity index (χ2v) is 19.8. The Morgan fingerprint density at radius 2 is 0.959 bits per heavy atom. The first-order valence-electron chi connectivity index (χ1n) is 21.8. The number of hydrogen-bond donors (Lipinski definition) is 2. The van der Waals surface area contributed by atoms with Gasteiger partial charge in [0.25, 0.3) is 22.9 Å². The lowest BCUT2D eigenvalue weighted by molar-refractivity contribution is -0.138. The van der Waals surface area contributed by atoms with E-state index in [4.69, 9.17) is 34.6 Å². The van der Waals surface area contributed by atoms with Crippen LogP contribution in [-0.2, 0) is 43.2 Å². The number of benzene rings is 4. The molecule has 0 aliphatic heterocycles. The number of aryl methyl sites for hydroxylation is 2. The van der Waals surface area contributed by atoms with E-state index in [9.17, 15) is 58.9 Å². The first-order valence-corrected chi connectivity index (χ1v) is 23.8. The highest BCUT2D eigenvalue weighted by Gasteiger charge is 2.38. The largest absolute Gasteiger partial charge is 0.477 e. The molecule has 0 atom stereocenters. The Kier molecular flexibility index (Phi) is 18.2. The topological polar surface area (TPSA) is 165 Å². The third-order valence-corrected chi connectivity index (χ3v) is 11.8. The monoisotopic (exact) mass is 1080 g/mol. The van der Waals surface area contributed by atoms with Gasteiger partial charge in [-0.2, -0.15) is 26.3 Å². The highest BCUT2D eigenvalue weighted by Crippen LogP contribution is 2.55. The molecule has 74 heavy (non-hydrogen) atoms. The standard InChI is InChI=1S/C29H33F4N2O7P.C21H15ClF4N2O3/c1-18-14-20(30)9-11-23(18)40-24-15-19(29(31,32)33)8-10-22(24)26(37)34-21-12-13-35(25(36)16-21)17-39-43(38,41-27(2,3)4)42-28(5,6)7;1-12-8-14(23)3-5-17(12)31-18-9-13(21(24,25)26)2-4-16(18)20(30)27-15-6-7-28(11-22)19(29)10-15/h8-16H,17H2,1-7H3,(H,34,37);2-10H,11H2,1H3,(H,27,30). The summed E-state index contributed by atoms with van der Waals surface area (Å²) in [6.07, 6.45) is -6.78. The molecule has 14 nitrogen and oxygen atoms in total. The van der Waals surface area contributed by atoms with Gasteiger partial charge in [-0.25, -0.2) is 13.3 Å². The Morgan fingerprint density at radius 3 is 1.30 bits per heavy atom. The minimum absolute atomic E-state index is 0.00938. The third-order valence-electron chi connectivity index (χ3n) is 9.58. The van der Waals surface area contributed by atoms with Gasteiger partial charge < -0.3 is 24.7 Å². The van der Waals surface area contributed by atoms with E-state index in [1.807, 2.05) is 0 Å². The first-order chi connectivity index (χ1) is 34.2. The van der Waals surface area contributed by atoms with Gasteiger partial charge in [0.2, 0.25) is 0 Å². The van der Waals surface area contributed by atoms with Crippen LogP contribution in [0.2, 0.25) is 0 Å². The number of rotatable bonds is 14. The Labute approximate surface area is 423 Å². The van der Waals surface area contributed by atoms with Crippen molar-refractivity contribution < 1.29 is 72.3 Å². The number of ether oxygens (including phenoxy) is 2. The molecule has 2 amide bonds. The van der Waals surface area contributed by atoms with Crippen LogP contribution in [0.5, 0.6) is 23.0 Å². The summed E-state index contributed by atoms with van der Waals surface area (Å²) >= 11 is 5.60. The summed E-state index contributed by atoms with van der Waals surface area (Å²) in [7, 11) is -4.12. The molecule has 6 rings (SSSR count). The van der Waals surface area contributed by atoms with Crippen LogP contribution < -0.4 is 31.2 Å². The van der Waals surface area contributed by atoms with Crippen molar-refractivity contribution in [1.29, 1.82) is 0 Å². The molecule has 0 aliphatic carbocycles. The van der Waals surface area contributed by atoms with Gasteiger partial charge >= 0.3 is 20.2 Å². The first kappa shape index (κ1) is 58.1. The van der Waals surface area contributed by atoms with Crippen LogP contribution in [0.3, 0.4) is 0 Å². The van der Waals surface area contributed by atoms with Gasteiger partial charge in [-0.3, -0.25) is 37.3 Å². The maximum Gasteiger partial charge on any atom is 0.477 e. The molecule has 2 aromatic heterocycles. The lowest BCUT2D eigenvalue weighted by atomic mass is 10.1. The number of nitrogens with zero attached hydrogens (tertiary/aromatic N) is 2. The van der Waals surface area contributed by atoms with Crippen LogP contribution in [-0.4, -0.2) is 32.2 Å². The number of carbonyl (C=O) groups is 2. The van der Waals surface area contributed by atoms with E-state index >= 15 is 0 Å². The van der Waals surface area contributed by atoms with Crippen LogP contribution in [0.4, 0.5) is 46.5 Å². The zero-order chi connectivity index (χ0) is 55.1. The number of anilines is 2. The van der Waals surface area contributed by atoms with E-state index in [2.05, 4.69) is 10.6 Å². The quantitative estimate of drug-likeness (QED) is 0.0609. The fourth-order valence-corrected chi connectivity index (χ4v) is 8.23. The molecule has 0 aliphatic rings. The van der Waals surface area contributed by atoms with Gasteiger partial charge in [0, 0.05) is 35.9 Å². The Balaban J connectivity index is 0.000000288. The number of carbonyl (C=O) groups excluding carboxylic acids is 2. The van der Waals surface area contributed by atoms with E-state index in [1.165, 1.54) is 55.1 Å². The molecule has 0 bridgehead atoms. The zero-order valence-corrected chi connectivity index (χ0v) is 42.3. The third kappa shape index (κ3) is 16.6. The molecule has 0 unspecified atom stereocenters. The van der Waals surface area contributed by atoms with Gasteiger partial charge in [0.15, 0.2) is 0 Å². The summed E-state index contributed by atoms with van der Waals surface area (Å²) in [4.78, 5) is 50.4. The maximum absolute atomic E-state index is 13.5. The number of aromatic nitrogens is 2. The minimum atomic E-state index is -4.72. The summed E-state index contributed by atoms with van der Waals surface area (Å²) in [5.74, 6) is -3.48. The average molecular weight is 1080 g/mol. The number of hydrogen-bond acceptors (Lipinski definition) is 10. The van der Waals surface area contributed by atoms with Crippen molar-refractivity contribution >= 4 is 42.6 Å². The predicted octanol–water partition coefficient (Wildman–Crippen LogP) is 13.6. The molecule has 2 N–H and O–H groups in total. The SMILES string of the molecule is Cc1cc(F)ccc1Oc1cc(C(F)(F)F)ccc1C(=O)Nc1ccn(CCl)c(=O)c1.Cc1cc(F)ccc1Oc1cc(C(F)(F)F)ccc1C(=O)Nc1ccn(COP(=O)(OC(C)(C)C)OC(C)(C)C)c(=O)c1. The lowest BCUT2D eigenvalue weighted by Crippen LogP contribution is -2.26. The molecular weight excluding hydrogens is 1030 g/mol. The highest BCUT2D eigenvalue weighted by molar-refractivity contribution is 7.48. The Bertz CT molecular complexity index is 3180. The number of phosphoric acid groups is 1. The summed E-state index contributed by atoms with van der Waals surface area (Å²) in [6, 6.07) is 16.4. The number of pyridine rings is 2. The fraction of sp³-hybridized carbons (Fsp3) is 0.280. The molecule has 0 spiro atoms. The Morgan fingerprint density at radius 1 is 0.568 bits per heavy atom. The number of amides is 2. The van der Waals surface area contributed by atoms with Gasteiger partial charge in [0.1, 0.15) is 47.4 Å². The van der Waals surface area contributed by atoms with Crippen LogP contribution in [0.15, 0.2) is 119 Å². The number of halogens is 9. The van der Waals surface area contributed by atoms with Crippen molar-refractivity contribution in [1.82, 2.24) is 9.13 Å². The predicted molar refractivity (Wildman–Crippen MR) is 259 cm³/mol. The van der Waals surface area contributed by atoms with Crippen molar-refractivity contribution in [3.8, 4) is 23.0 Å². The van der Waals surface area contributed by atoms with Gasteiger partial charge in [-0.1, -0.05) is 0 Å². The summed E-state index contributed by atoms with van der Waals surface area (Å²) < 4.78 is 150. The van der Waals surface area contributed by atoms with Crippen LogP contribution in [0.25, 0.3) is 0 Å². The molecule has 24 heteroatoms. The zero-order valence-electron chi connectivity index (χ0n) is 40.6. The minimum Gasteiger partial charge on any atom is -0.456 e. The van der Waals surface area contributed by atoms with E-state index in [0.717, 1.165) is 59.2 Å². The maximum atomic E-state index is 13.5. The molecule has 396 valence electrons. The molecular formula is C50H48ClF8N4O10P. The normalized spacial score (nSPS) is 12.1. The number of nitrogens with one attached hydrogen (secondary N) is 2. The van der Waals surface area contributed by atoms with E-state index in [0.29, 0.717) is 29.3 Å². The van der Waals surface area contributed by atoms with Crippen LogP contribution >= 0.6 is 19.4 Å². The molecule has 2 heterocycles. The molecule has 0 radical (unpaired) electrons. The second-order valence-electron chi connectivity index (χ2n) is 18.0. The second kappa shape index (κ2) is 23.1. The smallest absolute Gasteiger partial charge is 0.456 e. The van der Waals surface area contributed by atoms with E-state index in [-0.39, 0.29) is 45.8 Å². The fourth-order valence-electron chi connectivity index (χ4n) is 6.28. The van der Waals surface area contributed by atoms with Gasteiger partial charge in [-0.15, -0.1) is 11.6 Å². The number of alkyl halides is 7. The molecule has 0 saturated heterocycles. The summed E-state index contributed by atoms with van der Waals surface area (Å²) in [6.45, 7) is 12.5. The highest BCUT2D eigenvalue weighted by atomic mass is 35.5. The van der Waals surface area contributed by atoms with Crippen LogP contribution in [0, 0.1) is 25.5 Å². The lowest BCUT2D eigenvalue weighted by Gasteiger charge is -2.30. The summed E-state index contributed by atoms with van der Waals surface area (Å²) in [5, 5.41) is 4.89. The van der Waals surface area contributed by atoms with Crippen molar-refractivity contribution in [2.45, 2.75) is 91.7 Å². The molecule has 6 aromatic rings. The summed E-state index contributed by atoms with van der Waals surface area (Å²) in [5.41, 5.74) is -4.74. The molecule has 0 fully saturated rings. The van der Waals surface area contributed by atoms with Crippen molar-refractivity contribution in [3.05, 3.63) is 175 Å². The molecule has 4 aromatic carbocycles. The van der Waals surface area contributed by atoms with Gasteiger partial charge in [-0.05, 0) is 151 Å². The van der Waals surface area contributed by atoms with Crippen LogP contribution in [0.1, 0.15) is 84.5 Å².